The van der Waals surface area contributed by atoms with Gasteiger partial charge in [-0.25, -0.2) is 0 Å². The number of thiocarbonyl (C=S) groups is 1. The Labute approximate surface area is 187 Å². The molecule has 0 unspecified atom stereocenters. The molecule has 0 spiro atoms. The van der Waals surface area contributed by atoms with Gasteiger partial charge in [-0.05, 0) is 53.7 Å². The topological polar surface area (TPSA) is 46.0 Å². The minimum absolute atomic E-state index is 0.0225. The SMILES string of the molecule is S=C1N[C@H](c2ccccn2)[C@H](c2cccn2Cc2cccnc2)N1Cc1ccccc1. The van der Waals surface area contributed by atoms with Crippen molar-refractivity contribution in [3.63, 3.8) is 0 Å². The molecule has 1 saturated heterocycles. The van der Waals surface area contributed by atoms with Gasteiger partial charge < -0.3 is 14.8 Å². The molecular weight excluding hydrogens is 402 g/mol. The third-order valence-electron chi connectivity index (χ3n) is 5.64. The summed E-state index contributed by atoms with van der Waals surface area (Å²) in [6, 6.07) is 24.8. The number of hydrogen-bond acceptors (Lipinski definition) is 3. The fraction of sp³-hybridized carbons (Fsp3) is 0.160. The molecule has 0 amide bonds. The highest BCUT2D eigenvalue weighted by atomic mass is 32.1. The maximum atomic E-state index is 5.81. The van der Waals surface area contributed by atoms with E-state index < -0.39 is 0 Å². The molecule has 1 N–H and O–H groups in total. The van der Waals surface area contributed by atoms with Crippen LogP contribution in [0, 0.1) is 0 Å². The quantitative estimate of drug-likeness (QED) is 0.461. The van der Waals surface area contributed by atoms with Crippen LogP contribution in [-0.2, 0) is 13.1 Å². The fourth-order valence-corrected chi connectivity index (χ4v) is 4.51. The van der Waals surface area contributed by atoms with E-state index >= 15 is 0 Å². The third kappa shape index (κ3) is 4.07. The van der Waals surface area contributed by atoms with Gasteiger partial charge >= 0.3 is 0 Å². The number of hydrogen-bond donors (Lipinski definition) is 1. The van der Waals surface area contributed by atoms with Crippen molar-refractivity contribution in [2.45, 2.75) is 25.2 Å². The minimum atomic E-state index is -0.0278. The van der Waals surface area contributed by atoms with E-state index in [0.29, 0.717) is 0 Å². The van der Waals surface area contributed by atoms with Gasteiger partial charge in [0.1, 0.15) is 0 Å². The number of nitrogens with zero attached hydrogens (tertiary/aromatic N) is 4. The highest BCUT2D eigenvalue weighted by Crippen LogP contribution is 2.39. The monoisotopic (exact) mass is 425 g/mol. The van der Waals surface area contributed by atoms with Crippen molar-refractivity contribution < 1.29 is 0 Å². The van der Waals surface area contributed by atoms with Crippen molar-refractivity contribution in [1.82, 2.24) is 24.8 Å². The normalized spacial score (nSPS) is 18.2. The van der Waals surface area contributed by atoms with Crippen LogP contribution in [0.3, 0.4) is 0 Å². The molecule has 2 atom stereocenters. The molecule has 1 aliphatic rings. The number of rotatable bonds is 6. The van der Waals surface area contributed by atoms with Crippen LogP contribution in [0.2, 0.25) is 0 Å². The summed E-state index contributed by atoms with van der Waals surface area (Å²) in [4.78, 5) is 11.2. The molecule has 0 aliphatic carbocycles. The van der Waals surface area contributed by atoms with Crippen LogP contribution in [0.1, 0.15) is 34.6 Å². The van der Waals surface area contributed by atoms with E-state index in [1.54, 1.807) is 6.20 Å². The number of benzene rings is 1. The summed E-state index contributed by atoms with van der Waals surface area (Å²) in [5.74, 6) is 0. The van der Waals surface area contributed by atoms with Crippen molar-refractivity contribution in [2.24, 2.45) is 0 Å². The Morgan fingerprint density at radius 3 is 2.45 bits per heavy atom. The lowest BCUT2D eigenvalue weighted by molar-refractivity contribution is 0.298. The predicted molar refractivity (Wildman–Crippen MR) is 125 cm³/mol. The third-order valence-corrected chi connectivity index (χ3v) is 5.99. The van der Waals surface area contributed by atoms with E-state index in [1.165, 1.54) is 11.3 Å². The molecule has 0 bridgehead atoms. The summed E-state index contributed by atoms with van der Waals surface area (Å²) in [6.07, 6.45) is 7.68. The average molecular weight is 426 g/mol. The Balaban J connectivity index is 1.54. The van der Waals surface area contributed by atoms with Gasteiger partial charge in [0.2, 0.25) is 0 Å². The highest BCUT2D eigenvalue weighted by Gasteiger charge is 2.41. The zero-order valence-corrected chi connectivity index (χ0v) is 17.8. The van der Waals surface area contributed by atoms with Crippen molar-refractivity contribution in [2.75, 3.05) is 0 Å². The number of nitrogens with one attached hydrogen (secondary N) is 1. The van der Waals surface area contributed by atoms with Crippen molar-refractivity contribution >= 4 is 17.3 Å². The first-order valence-corrected chi connectivity index (χ1v) is 10.8. The number of pyridine rings is 2. The summed E-state index contributed by atoms with van der Waals surface area (Å²) < 4.78 is 2.28. The van der Waals surface area contributed by atoms with Crippen molar-refractivity contribution in [1.29, 1.82) is 0 Å². The van der Waals surface area contributed by atoms with E-state index in [2.05, 4.69) is 79.5 Å². The van der Waals surface area contributed by atoms with E-state index in [1.807, 2.05) is 36.7 Å². The standard InChI is InChI=1S/C25H23N5S/c31-25-28-23(21-11-4-5-14-27-21)24(30(25)18-19-8-2-1-3-9-19)22-12-7-15-29(22)17-20-10-6-13-26-16-20/h1-16,23-24H,17-18H2,(H,28,31)/t23-,24+/m1/s1. The zero-order valence-electron chi connectivity index (χ0n) is 17.0. The Morgan fingerprint density at radius 1 is 0.839 bits per heavy atom. The smallest absolute Gasteiger partial charge is 0.170 e. The van der Waals surface area contributed by atoms with Crippen molar-refractivity contribution in [3.05, 3.63) is 120 Å². The lowest BCUT2D eigenvalue weighted by Gasteiger charge is -2.29. The molecule has 3 aromatic heterocycles. The van der Waals surface area contributed by atoms with Gasteiger partial charge in [-0.3, -0.25) is 9.97 Å². The van der Waals surface area contributed by atoms with Crippen LogP contribution >= 0.6 is 12.2 Å². The van der Waals surface area contributed by atoms with Crippen LogP contribution < -0.4 is 5.32 Å². The van der Waals surface area contributed by atoms with Gasteiger partial charge in [0.25, 0.3) is 0 Å². The van der Waals surface area contributed by atoms with Gasteiger partial charge in [0.05, 0.1) is 17.8 Å². The largest absolute Gasteiger partial charge is 0.352 e. The van der Waals surface area contributed by atoms with E-state index in [-0.39, 0.29) is 12.1 Å². The van der Waals surface area contributed by atoms with Gasteiger partial charge in [0, 0.05) is 43.6 Å². The average Bonchev–Trinajstić information content (AvgIpc) is 3.40. The summed E-state index contributed by atoms with van der Waals surface area (Å²) in [7, 11) is 0. The Hall–Kier alpha value is -3.51. The molecule has 1 aliphatic heterocycles. The molecule has 154 valence electrons. The Morgan fingerprint density at radius 2 is 1.68 bits per heavy atom. The molecule has 5 nitrogen and oxygen atoms in total. The summed E-state index contributed by atoms with van der Waals surface area (Å²) in [6.45, 7) is 1.49. The minimum Gasteiger partial charge on any atom is -0.352 e. The van der Waals surface area contributed by atoms with Crippen LogP contribution in [0.4, 0.5) is 0 Å². The van der Waals surface area contributed by atoms with Crippen LogP contribution in [0.5, 0.6) is 0 Å². The second-order valence-electron chi connectivity index (χ2n) is 7.66. The zero-order chi connectivity index (χ0) is 21.0. The Bertz CT molecular complexity index is 1140. The summed E-state index contributed by atoms with van der Waals surface area (Å²) in [5, 5.41) is 4.29. The number of aromatic nitrogens is 3. The molecule has 1 fully saturated rings. The lowest BCUT2D eigenvalue weighted by Crippen LogP contribution is -2.30. The maximum Gasteiger partial charge on any atom is 0.170 e. The van der Waals surface area contributed by atoms with E-state index in [9.17, 15) is 0 Å². The summed E-state index contributed by atoms with van der Waals surface area (Å²) >= 11 is 5.81. The maximum absolute atomic E-state index is 5.81. The fourth-order valence-electron chi connectivity index (χ4n) is 4.21. The highest BCUT2D eigenvalue weighted by molar-refractivity contribution is 7.80. The predicted octanol–water partition coefficient (Wildman–Crippen LogP) is 4.50. The molecule has 6 heteroatoms. The lowest BCUT2D eigenvalue weighted by atomic mass is 10.0. The Kier molecular flexibility index (Phi) is 5.46. The molecular formula is C25H23N5S. The van der Waals surface area contributed by atoms with Crippen molar-refractivity contribution in [3.8, 4) is 0 Å². The molecule has 4 heterocycles. The van der Waals surface area contributed by atoms with Gasteiger partial charge in [-0.15, -0.1) is 0 Å². The first-order chi connectivity index (χ1) is 15.3. The van der Waals surface area contributed by atoms with Crippen LogP contribution in [0.25, 0.3) is 0 Å². The molecule has 5 rings (SSSR count). The first kappa shape index (κ1) is 19.5. The van der Waals surface area contributed by atoms with Gasteiger partial charge in [-0.2, -0.15) is 0 Å². The second kappa shape index (κ2) is 8.70. The molecule has 4 aromatic rings. The molecule has 0 saturated carbocycles. The molecule has 0 radical (unpaired) electrons. The summed E-state index contributed by atoms with van der Waals surface area (Å²) in [5.41, 5.74) is 4.57. The van der Waals surface area contributed by atoms with Gasteiger partial charge in [-0.1, -0.05) is 42.5 Å². The molecule has 1 aromatic carbocycles. The van der Waals surface area contributed by atoms with E-state index in [4.69, 9.17) is 12.2 Å². The van der Waals surface area contributed by atoms with Crippen LogP contribution in [-0.4, -0.2) is 24.5 Å². The molecule has 31 heavy (non-hydrogen) atoms. The van der Waals surface area contributed by atoms with E-state index in [0.717, 1.165) is 29.5 Å². The first-order valence-electron chi connectivity index (χ1n) is 10.4. The van der Waals surface area contributed by atoms with Crippen LogP contribution in [0.15, 0.2) is 97.6 Å². The second-order valence-corrected chi connectivity index (χ2v) is 8.05. The van der Waals surface area contributed by atoms with Gasteiger partial charge in [0.15, 0.2) is 5.11 Å².